The first kappa shape index (κ1) is 18.8. The van der Waals surface area contributed by atoms with E-state index in [9.17, 15) is 18.3 Å². The summed E-state index contributed by atoms with van der Waals surface area (Å²) < 4.78 is 39.6. The van der Waals surface area contributed by atoms with Gasteiger partial charge in [0.05, 0.1) is 6.10 Å². The van der Waals surface area contributed by atoms with Gasteiger partial charge in [-0.3, -0.25) is 4.98 Å². The van der Waals surface area contributed by atoms with Crippen LogP contribution >= 0.6 is 0 Å². The standard InChI is InChI=1S/C19H17F3N4O/c1-12-4-2-5-13(8-12)15(27)11-24-17-9-16(19(20,21)22)25-18(26-17)14-6-3-7-23-10-14/h2-10,15,27H,11H2,1H3,(H,24,25,26). The van der Waals surface area contributed by atoms with Crippen molar-refractivity contribution in [3.63, 3.8) is 0 Å². The Morgan fingerprint density at radius 3 is 2.59 bits per heavy atom. The Bertz CT molecular complexity index is 916. The first-order valence-corrected chi connectivity index (χ1v) is 8.18. The first-order valence-electron chi connectivity index (χ1n) is 8.18. The number of pyridine rings is 1. The van der Waals surface area contributed by atoms with Crippen LogP contribution in [0.1, 0.15) is 22.9 Å². The summed E-state index contributed by atoms with van der Waals surface area (Å²) in [7, 11) is 0. The lowest BCUT2D eigenvalue weighted by molar-refractivity contribution is -0.141. The van der Waals surface area contributed by atoms with Crippen LogP contribution in [0.15, 0.2) is 54.9 Å². The van der Waals surface area contributed by atoms with Gasteiger partial charge in [0.25, 0.3) is 0 Å². The van der Waals surface area contributed by atoms with E-state index < -0.39 is 18.0 Å². The van der Waals surface area contributed by atoms with E-state index in [0.717, 1.165) is 11.6 Å². The van der Waals surface area contributed by atoms with Crippen molar-refractivity contribution in [1.29, 1.82) is 0 Å². The average Bonchev–Trinajstić information content (AvgIpc) is 2.66. The highest BCUT2D eigenvalue weighted by molar-refractivity contribution is 5.56. The van der Waals surface area contributed by atoms with Crippen LogP contribution < -0.4 is 5.32 Å². The molecule has 1 unspecified atom stereocenters. The second-order valence-electron chi connectivity index (χ2n) is 6.01. The maximum atomic E-state index is 13.2. The lowest BCUT2D eigenvalue weighted by Crippen LogP contribution is -2.16. The topological polar surface area (TPSA) is 70.9 Å². The van der Waals surface area contributed by atoms with Crippen LogP contribution in [-0.4, -0.2) is 26.6 Å². The van der Waals surface area contributed by atoms with Gasteiger partial charge in [-0.2, -0.15) is 13.2 Å². The van der Waals surface area contributed by atoms with E-state index in [4.69, 9.17) is 0 Å². The van der Waals surface area contributed by atoms with Crippen LogP contribution in [0, 0.1) is 6.92 Å². The number of nitrogens with one attached hydrogen (secondary N) is 1. The fourth-order valence-corrected chi connectivity index (χ4v) is 2.50. The molecule has 27 heavy (non-hydrogen) atoms. The van der Waals surface area contributed by atoms with E-state index in [-0.39, 0.29) is 18.2 Å². The van der Waals surface area contributed by atoms with Crippen molar-refractivity contribution in [2.75, 3.05) is 11.9 Å². The number of rotatable bonds is 5. The van der Waals surface area contributed by atoms with Gasteiger partial charge in [-0.25, -0.2) is 9.97 Å². The summed E-state index contributed by atoms with van der Waals surface area (Å²) in [6.45, 7) is 1.90. The second kappa shape index (κ2) is 7.71. The molecule has 0 bridgehead atoms. The molecule has 0 fully saturated rings. The van der Waals surface area contributed by atoms with Crippen molar-refractivity contribution >= 4 is 5.82 Å². The maximum Gasteiger partial charge on any atom is 0.433 e. The number of aliphatic hydroxyl groups is 1. The largest absolute Gasteiger partial charge is 0.433 e. The highest BCUT2D eigenvalue weighted by Gasteiger charge is 2.34. The van der Waals surface area contributed by atoms with E-state index in [1.807, 2.05) is 19.1 Å². The van der Waals surface area contributed by atoms with Gasteiger partial charge in [0.1, 0.15) is 5.82 Å². The molecular weight excluding hydrogens is 357 g/mol. The molecule has 5 nitrogen and oxygen atoms in total. The molecule has 0 radical (unpaired) electrons. The Hall–Kier alpha value is -3.00. The van der Waals surface area contributed by atoms with Crippen LogP contribution in [0.2, 0.25) is 0 Å². The Morgan fingerprint density at radius 1 is 1.11 bits per heavy atom. The van der Waals surface area contributed by atoms with Crippen molar-refractivity contribution < 1.29 is 18.3 Å². The number of nitrogens with zero attached hydrogens (tertiary/aromatic N) is 3. The number of aromatic nitrogens is 3. The Morgan fingerprint density at radius 2 is 1.93 bits per heavy atom. The zero-order chi connectivity index (χ0) is 19.4. The fourth-order valence-electron chi connectivity index (χ4n) is 2.50. The minimum absolute atomic E-state index is 0.00421. The molecule has 8 heteroatoms. The number of benzene rings is 1. The molecule has 0 amide bonds. The minimum Gasteiger partial charge on any atom is -0.387 e. The van der Waals surface area contributed by atoms with E-state index in [0.29, 0.717) is 11.1 Å². The third-order valence-corrected chi connectivity index (χ3v) is 3.84. The van der Waals surface area contributed by atoms with Crippen LogP contribution in [0.3, 0.4) is 0 Å². The normalized spacial score (nSPS) is 12.6. The summed E-state index contributed by atoms with van der Waals surface area (Å²) in [5.74, 6) is -0.117. The molecule has 140 valence electrons. The minimum atomic E-state index is -4.62. The summed E-state index contributed by atoms with van der Waals surface area (Å²) in [6, 6.07) is 11.3. The molecule has 0 aliphatic carbocycles. The molecule has 2 aromatic heterocycles. The van der Waals surface area contributed by atoms with Gasteiger partial charge in [0, 0.05) is 30.6 Å². The van der Waals surface area contributed by atoms with E-state index in [1.165, 1.54) is 12.4 Å². The number of hydrogen-bond acceptors (Lipinski definition) is 5. The number of anilines is 1. The second-order valence-corrected chi connectivity index (χ2v) is 6.01. The Labute approximate surface area is 154 Å². The third kappa shape index (κ3) is 4.79. The van der Waals surface area contributed by atoms with Crippen LogP contribution in [0.25, 0.3) is 11.4 Å². The molecule has 2 N–H and O–H groups in total. The smallest absolute Gasteiger partial charge is 0.387 e. The van der Waals surface area contributed by atoms with Gasteiger partial charge in [0.2, 0.25) is 0 Å². The van der Waals surface area contributed by atoms with Crippen molar-refractivity contribution in [1.82, 2.24) is 15.0 Å². The summed E-state index contributed by atoms with van der Waals surface area (Å²) >= 11 is 0. The molecule has 1 atom stereocenters. The summed E-state index contributed by atoms with van der Waals surface area (Å²) in [4.78, 5) is 11.6. The van der Waals surface area contributed by atoms with Gasteiger partial charge in [-0.15, -0.1) is 0 Å². The molecular formula is C19H17F3N4O. The lowest BCUT2D eigenvalue weighted by atomic mass is 10.1. The van der Waals surface area contributed by atoms with Crippen LogP contribution in [0.5, 0.6) is 0 Å². The molecule has 0 spiro atoms. The van der Waals surface area contributed by atoms with E-state index >= 15 is 0 Å². The summed E-state index contributed by atoms with van der Waals surface area (Å²) in [5, 5.41) is 13.0. The number of aryl methyl sites for hydroxylation is 1. The highest BCUT2D eigenvalue weighted by atomic mass is 19.4. The molecule has 0 aliphatic heterocycles. The van der Waals surface area contributed by atoms with E-state index in [2.05, 4.69) is 20.3 Å². The van der Waals surface area contributed by atoms with Gasteiger partial charge < -0.3 is 10.4 Å². The zero-order valence-corrected chi connectivity index (χ0v) is 14.4. The predicted molar refractivity (Wildman–Crippen MR) is 94.9 cm³/mol. The number of alkyl halides is 3. The van der Waals surface area contributed by atoms with Crippen molar-refractivity contribution in [3.8, 4) is 11.4 Å². The lowest BCUT2D eigenvalue weighted by Gasteiger charge is -2.15. The molecule has 3 rings (SSSR count). The number of hydrogen-bond donors (Lipinski definition) is 2. The summed E-state index contributed by atoms with van der Waals surface area (Å²) in [6.07, 6.45) is -2.61. The van der Waals surface area contributed by atoms with Gasteiger partial charge in [-0.1, -0.05) is 29.8 Å². The van der Waals surface area contributed by atoms with Gasteiger partial charge in [0.15, 0.2) is 11.5 Å². The number of halogens is 3. The predicted octanol–water partition coefficient (Wildman–Crippen LogP) is 4.01. The van der Waals surface area contributed by atoms with Crippen molar-refractivity contribution in [3.05, 3.63) is 71.7 Å². The quantitative estimate of drug-likeness (QED) is 0.706. The van der Waals surface area contributed by atoms with Crippen LogP contribution in [0.4, 0.5) is 19.0 Å². The average molecular weight is 374 g/mol. The monoisotopic (exact) mass is 374 g/mol. The fraction of sp³-hybridized carbons (Fsp3) is 0.211. The third-order valence-electron chi connectivity index (χ3n) is 3.84. The van der Waals surface area contributed by atoms with Crippen molar-refractivity contribution in [2.24, 2.45) is 0 Å². The highest BCUT2D eigenvalue weighted by Crippen LogP contribution is 2.30. The SMILES string of the molecule is Cc1cccc(C(O)CNc2cc(C(F)(F)F)nc(-c3cccnc3)n2)c1. The van der Waals surface area contributed by atoms with Gasteiger partial charge in [-0.05, 0) is 24.6 Å². The Balaban J connectivity index is 1.86. The van der Waals surface area contributed by atoms with Gasteiger partial charge >= 0.3 is 6.18 Å². The Kier molecular flexibility index (Phi) is 5.36. The van der Waals surface area contributed by atoms with Crippen LogP contribution in [-0.2, 0) is 6.18 Å². The molecule has 0 aliphatic rings. The first-order chi connectivity index (χ1) is 12.8. The van der Waals surface area contributed by atoms with Crippen molar-refractivity contribution in [2.45, 2.75) is 19.2 Å². The molecule has 0 saturated heterocycles. The number of aliphatic hydroxyl groups excluding tert-OH is 1. The molecule has 0 saturated carbocycles. The molecule has 2 heterocycles. The molecule has 3 aromatic rings. The van der Waals surface area contributed by atoms with E-state index in [1.54, 1.807) is 24.3 Å². The summed E-state index contributed by atoms with van der Waals surface area (Å²) in [5.41, 5.74) is 0.946. The maximum absolute atomic E-state index is 13.2. The molecule has 1 aromatic carbocycles. The zero-order valence-electron chi connectivity index (χ0n) is 14.4.